The summed E-state index contributed by atoms with van der Waals surface area (Å²) in [6.07, 6.45) is -6.47. The molecule has 0 aliphatic rings. The molecule has 3 nitrogen and oxygen atoms in total. The fourth-order valence-corrected chi connectivity index (χ4v) is 0.193. The average Bonchev–Trinajstić information content (AvgIpc) is 1.62. The normalized spacial score (nSPS) is 11.1. The monoisotopic (exact) mass is 143 g/mol. The van der Waals surface area contributed by atoms with Gasteiger partial charge in [0.2, 0.25) is 0 Å². The van der Waals surface area contributed by atoms with Crippen molar-refractivity contribution in [3.05, 3.63) is 0 Å². The molecule has 0 aromatic carbocycles. The maximum atomic E-state index is 11.1. The Kier molecular flexibility index (Phi) is 2.44. The molecule has 0 saturated heterocycles. The van der Waals surface area contributed by atoms with Crippen molar-refractivity contribution in [1.29, 1.82) is 0 Å². The van der Waals surface area contributed by atoms with E-state index in [1.54, 1.807) is 0 Å². The Balaban J connectivity index is 3.60. The van der Waals surface area contributed by atoms with Gasteiger partial charge in [0.25, 0.3) is 0 Å². The standard InChI is InChI=1S/C3H3F3O3/c4-3(5,6)1-2(7)9-8/h8H,1H2/p-1. The summed E-state index contributed by atoms with van der Waals surface area (Å²) < 4.78 is 33.2. The first-order valence-corrected chi connectivity index (χ1v) is 1.85. The van der Waals surface area contributed by atoms with Crippen LogP contribution < -0.4 is 5.26 Å². The minimum atomic E-state index is -4.65. The van der Waals surface area contributed by atoms with Gasteiger partial charge in [0.05, 0.1) is 0 Å². The largest absolute Gasteiger partial charge is 0.662 e. The van der Waals surface area contributed by atoms with Crippen molar-refractivity contribution in [3.63, 3.8) is 0 Å². The zero-order valence-electron chi connectivity index (χ0n) is 4.07. The molecule has 0 N–H and O–H groups in total. The van der Waals surface area contributed by atoms with Gasteiger partial charge in [-0.1, -0.05) is 0 Å². The molecule has 0 amide bonds. The molecule has 0 saturated carbocycles. The van der Waals surface area contributed by atoms with Crippen molar-refractivity contribution in [2.24, 2.45) is 0 Å². The molecule has 54 valence electrons. The molecule has 0 bridgehead atoms. The van der Waals surface area contributed by atoms with Crippen molar-refractivity contribution in [2.45, 2.75) is 12.6 Å². The van der Waals surface area contributed by atoms with E-state index in [0.29, 0.717) is 0 Å². The minimum Gasteiger partial charge on any atom is -0.662 e. The van der Waals surface area contributed by atoms with E-state index in [4.69, 9.17) is 5.26 Å². The molecule has 0 fully saturated rings. The SMILES string of the molecule is O=C(CC(F)(F)F)O[O-]. The van der Waals surface area contributed by atoms with Crippen molar-refractivity contribution >= 4 is 5.97 Å². The maximum absolute atomic E-state index is 11.1. The van der Waals surface area contributed by atoms with Crippen LogP contribution in [-0.2, 0) is 9.68 Å². The first kappa shape index (κ1) is 8.22. The molecule has 0 aromatic rings. The van der Waals surface area contributed by atoms with Crippen molar-refractivity contribution < 1.29 is 28.1 Å². The van der Waals surface area contributed by atoms with Crippen LogP contribution in [0.1, 0.15) is 6.42 Å². The first-order chi connectivity index (χ1) is 3.95. The van der Waals surface area contributed by atoms with Gasteiger partial charge < -0.3 is 10.1 Å². The van der Waals surface area contributed by atoms with Crippen LogP contribution >= 0.6 is 0 Å². The number of halogens is 3. The molecule has 0 unspecified atom stereocenters. The Bertz CT molecular complexity index is 107. The van der Waals surface area contributed by atoms with E-state index >= 15 is 0 Å². The number of hydrogen-bond donors (Lipinski definition) is 0. The molecule has 0 aromatic heterocycles. The highest BCUT2D eigenvalue weighted by atomic mass is 19.4. The van der Waals surface area contributed by atoms with Gasteiger partial charge in [-0.2, -0.15) is 13.2 Å². The van der Waals surface area contributed by atoms with Gasteiger partial charge in [-0.3, -0.25) is 4.79 Å². The summed E-state index contributed by atoms with van der Waals surface area (Å²) >= 11 is 0. The lowest BCUT2D eigenvalue weighted by molar-refractivity contribution is -0.657. The van der Waals surface area contributed by atoms with Gasteiger partial charge in [0.15, 0.2) is 0 Å². The smallest absolute Gasteiger partial charge is 0.399 e. The van der Waals surface area contributed by atoms with Crippen LogP contribution in [0.5, 0.6) is 0 Å². The number of carbonyl (C=O) groups is 1. The molecule has 0 heterocycles. The van der Waals surface area contributed by atoms with Crippen molar-refractivity contribution in [1.82, 2.24) is 0 Å². The van der Waals surface area contributed by atoms with Crippen molar-refractivity contribution in [2.75, 3.05) is 0 Å². The van der Waals surface area contributed by atoms with Crippen LogP contribution in [0, 0.1) is 0 Å². The third-order valence-electron chi connectivity index (χ3n) is 0.438. The fraction of sp³-hybridized carbons (Fsp3) is 0.667. The average molecular weight is 143 g/mol. The molecule has 0 spiro atoms. The molecule has 0 aliphatic carbocycles. The third-order valence-corrected chi connectivity index (χ3v) is 0.438. The second-order valence-corrected chi connectivity index (χ2v) is 1.25. The van der Waals surface area contributed by atoms with Gasteiger partial charge >= 0.3 is 12.1 Å². The van der Waals surface area contributed by atoms with Gasteiger partial charge in [0.1, 0.15) is 6.42 Å². The summed E-state index contributed by atoms with van der Waals surface area (Å²) in [4.78, 5) is 12.1. The minimum absolute atomic E-state index is 1.82. The number of carbonyl (C=O) groups excluding carboxylic acids is 1. The summed E-state index contributed by atoms with van der Waals surface area (Å²) in [6, 6.07) is 0. The third kappa shape index (κ3) is 5.09. The fourth-order valence-electron chi connectivity index (χ4n) is 0.193. The highest BCUT2D eigenvalue weighted by molar-refractivity contribution is 5.69. The molecule has 0 radical (unpaired) electrons. The maximum Gasteiger partial charge on any atom is 0.399 e. The molecule has 0 atom stereocenters. The topological polar surface area (TPSA) is 49.4 Å². The van der Waals surface area contributed by atoms with Crippen LogP contribution in [0.3, 0.4) is 0 Å². The predicted molar refractivity (Wildman–Crippen MR) is 16.8 cm³/mol. The lowest BCUT2D eigenvalue weighted by Gasteiger charge is -2.07. The summed E-state index contributed by atoms with van der Waals surface area (Å²) in [7, 11) is 0. The predicted octanol–water partition coefficient (Wildman–Crippen LogP) is -0.243. The Labute approximate surface area is 48.0 Å². The molecule has 0 aliphatic heterocycles. The highest BCUT2D eigenvalue weighted by Crippen LogP contribution is 2.19. The molecule has 9 heavy (non-hydrogen) atoms. The lowest BCUT2D eigenvalue weighted by atomic mass is 10.4. The van der Waals surface area contributed by atoms with E-state index < -0.39 is 18.6 Å². The summed E-state index contributed by atoms with van der Waals surface area (Å²) in [6.45, 7) is 0. The van der Waals surface area contributed by atoms with Gasteiger partial charge in [-0.05, 0) is 0 Å². The summed E-state index contributed by atoms with van der Waals surface area (Å²) in [5.41, 5.74) is 0. The van der Waals surface area contributed by atoms with Crippen LogP contribution in [0.4, 0.5) is 13.2 Å². The Morgan fingerprint density at radius 2 is 2.00 bits per heavy atom. The molecular weight excluding hydrogens is 141 g/mol. The summed E-state index contributed by atoms with van der Waals surface area (Å²) in [5, 5.41) is 8.96. The quantitative estimate of drug-likeness (QED) is 0.376. The van der Waals surface area contributed by atoms with E-state index in [2.05, 4.69) is 4.89 Å². The number of rotatable bonds is 1. The molecular formula is C3H2F3O3-. The zero-order valence-corrected chi connectivity index (χ0v) is 4.07. The van der Waals surface area contributed by atoms with Gasteiger partial charge in [-0.25, -0.2) is 0 Å². The van der Waals surface area contributed by atoms with Crippen LogP contribution in [0.15, 0.2) is 0 Å². The van der Waals surface area contributed by atoms with E-state index in [9.17, 15) is 18.0 Å². The van der Waals surface area contributed by atoms with E-state index in [1.165, 1.54) is 0 Å². The number of alkyl halides is 3. The second kappa shape index (κ2) is 2.67. The van der Waals surface area contributed by atoms with Crippen LogP contribution in [-0.4, -0.2) is 12.1 Å². The Hall–Kier alpha value is -0.780. The first-order valence-electron chi connectivity index (χ1n) is 1.85. The Morgan fingerprint density at radius 1 is 1.56 bits per heavy atom. The van der Waals surface area contributed by atoms with E-state index in [0.717, 1.165) is 0 Å². The zero-order chi connectivity index (χ0) is 7.49. The van der Waals surface area contributed by atoms with Gasteiger partial charge in [-0.15, -0.1) is 0 Å². The van der Waals surface area contributed by atoms with Crippen molar-refractivity contribution in [3.8, 4) is 0 Å². The van der Waals surface area contributed by atoms with E-state index in [1.807, 2.05) is 0 Å². The van der Waals surface area contributed by atoms with Gasteiger partial charge in [0, 0.05) is 0 Å². The Morgan fingerprint density at radius 3 is 2.11 bits per heavy atom. The lowest BCUT2D eigenvalue weighted by Crippen LogP contribution is -2.21. The summed E-state index contributed by atoms with van der Waals surface area (Å²) in [5.74, 6) is -1.82. The van der Waals surface area contributed by atoms with Crippen LogP contribution in [0.25, 0.3) is 0 Å². The van der Waals surface area contributed by atoms with Crippen LogP contribution in [0.2, 0.25) is 0 Å². The van der Waals surface area contributed by atoms with E-state index in [-0.39, 0.29) is 0 Å². The highest BCUT2D eigenvalue weighted by Gasteiger charge is 2.31. The number of hydrogen-bond acceptors (Lipinski definition) is 3. The molecule has 6 heteroatoms. The second-order valence-electron chi connectivity index (χ2n) is 1.25. The molecule has 0 rings (SSSR count).